The number of hydrogen-bond donors (Lipinski definition) is 2. The van der Waals surface area contributed by atoms with Gasteiger partial charge in [-0.3, -0.25) is 0 Å². The van der Waals surface area contributed by atoms with Crippen LogP contribution in [0.1, 0.15) is 0 Å². The molecule has 2 rings (SSSR count). The van der Waals surface area contributed by atoms with E-state index in [0.717, 1.165) is 10.9 Å². The summed E-state index contributed by atoms with van der Waals surface area (Å²) in [5, 5.41) is 20.5. The minimum Gasteiger partial charge on any atom is -0.391 e. The van der Waals surface area contributed by atoms with Crippen LogP contribution in [0, 0.1) is 0 Å². The van der Waals surface area contributed by atoms with E-state index in [1.54, 1.807) is 17.3 Å². The number of rotatable bonds is 2. The summed E-state index contributed by atoms with van der Waals surface area (Å²) in [6, 6.07) is 0. The van der Waals surface area contributed by atoms with Crippen molar-refractivity contribution >= 4 is 23.1 Å². The second-order valence-electron chi connectivity index (χ2n) is 2.59. The molecule has 0 aromatic carbocycles. The molecule has 0 radical (unpaired) electrons. The predicted molar refractivity (Wildman–Crippen MR) is 48.4 cm³/mol. The van der Waals surface area contributed by atoms with E-state index in [0.29, 0.717) is 6.54 Å². The van der Waals surface area contributed by atoms with Gasteiger partial charge in [0.1, 0.15) is 5.51 Å². The number of aromatic nitrogens is 2. The minimum absolute atomic E-state index is 0.234. The van der Waals surface area contributed by atoms with Gasteiger partial charge in [0.15, 0.2) is 4.34 Å². The van der Waals surface area contributed by atoms with Gasteiger partial charge in [-0.25, -0.2) is 0 Å². The summed E-state index contributed by atoms with van der Waals surface area (Å²) in [6.07, 6.45) is -0.251. The lowest BCUT2D eigenvalue weighted by Gasteiger charge is -2.09. The Labute approximate surface area is 78.4 Å². The van der Waals surface area contributed by atoms with Gasteiger partial charge in [0.2, 0.25) is 0 Å². The lowest BCUT2D eigenvalue weighted by molar-refractivity contribution is 0.201. The fraction of sp³-hybridized carbons (Fsp3) is 0.667. The minimum atomic E-state index is -0.251. The van der Waals surface area contributed by atoms with E-state index >= 15 is 0 Å². The summed E-state index contributed by atoms with van der Waals surface area (Å²) in [4.78, 5) is 0. The van der Waals surface area contributed by atoms with Crippen LogP contribution < -0.4 is 5.32 Å². The molecule has 1 aliphatic rings. The molecule has 2 heterocycles. The van der Waals surface area contributed by atoms with Crippen molar-refractivity contribution < 1.29 is 5.11 Å². The topological polar surface area (TPSA) is 58.0 Å². The van der Waals surface area contributed by atoms with Gasteiger partial charge in [0, 0.05) is 13.1 Å². The second-order valence-corrected chi connectivity index (χ2v) is 4.91. The van der Waals surface area contributed by atoms with Crippen LogP contribution in [0.15, 0.2) is 9.85 Å². The first-order valence-corrected chi connectivity index (χ1v) is 5.44. The van der Waals surface area contributed by atoms with Crippen LogP contribution in [0.25, 0.3) is 0 Å². The normalized spacial score (nSPS) is 29.4. The Kier molecular flexibility index (Phi) is 2.60. The molecule has 4 nitrogen and oxygen atoms in total. The van der Waals surface area contributed by atoms with Crippen LogP contribution >= 0.6 is 23.1 Å². The third kappa shape index (κ3) is 1.77. The molecule has 2 N–H and O–H groups in total. The fourth-order valence-corrected chi connectivity index (χ4v) is 2.91. The summed E-state index contributed by atoms with van der Waals surface area (Å²) in [5.74, 6) is 0. The first-order valence-electron chi connectivity index (χ1n) is 3.68. The molecular weight excluding hydrogens is 194 g/mol. The van der Waals surface area contributed by atoms with Gasteiger partial charge in [-0.2, -0.15) is 0 Å². The quantitative estimate of drug-likeness (QED) is 0.706. The number of aliphatic hydroxyl groups excluding tert-OH is 1. The van der Waals surface area contributed by atoms with Gasteiger partial charge in [-0.15, -0.1) is 10.2 Å². The molecule has 0 aliphatic carbocycles. The highest BCUT2D eigenvalue weighted by molar-refractivity contribution is 8.01. The Morgan fingerprint density at radius 1 is 1.67 bits per heavy atom. The number of nitrogens with one attached hydrogen (secondary N) is 1. The summed E-state index contributed by atoms with van der Waals surface area (Å²) in [6.45, 7) is 1.54. The molecule has 1 fully saturated rings. The third-order valence-corrected chi connectivity index (χ3v) is 3.85. The zero-order valence-corrected chi connectivity index (χ0v) is 7.94. The molecule has 1 aromatic rings. The summed E-state index contributed by atoms with van der Waals surface area (Å²) in [5.41, 5.74) is 1.71. The van der Waals surface area contributed by atoms with E-state index in [1.807, 2.05) is 0 Å². The molecule has 0 amide bonds. The highest BCUT2D eigenvalue weighted by Gasteiger charge is 2.26. The lowest BCUT2D eigenvalue weighted by atomic mass is 10.3. The van der Waals surface area contributed by atoms with E-state index < -0.39 is 0 Å². The van der Waals surface area contributed by atoms with Crippen molar-refractivity contribution in [2.45, 2.75) is 15.7 Å². The van der Waals surface area contributed by atoms with E-state index in [-0.39, 0.29) is 11.4 Å². The molecule has 6 heteroatoms. The smallest absolute Gasteiger partial charge is 0.174 e. The molecule has 66 valence electrons. The molecule has 1 saturated heterocycles. The monoisotopic (exact) mass is 203 g/mol. The molecule has 1 aromatic heterocycles. The second kappa shape index (κ2) is 3.69. The van der Waals surface area contributed by atoms with Crippen molar-refractivity contribution in [3.8, 4) is 0 Å². The van der Waals surface area contributed by atoms with Crippen molar-refractivity contribution in [3.05, 3.63) is 5.51 Å². The Bertz CT molecular complexity index is 241. The largest absolute Gasteiger partial charge is 0.391 e. The number of thioether (sulfide) groups is 1. The first-order chi connectivity index (χ1) is 5.86. The van der Waals surface area contributed by atoms with Gasteiger partial charge >= 0.3 is 0 Å². The van der Waals surface area contributed by atoms with E-state index in [9.17, 15) is 5.11 Å². The molecular formula is C6H9N3OS2. The summed E-state index contributed by atoms with van der Waals surface area (Å²) >= 11 is 3.11. The predicted octanol–water partition coefficient (Wildman–Crippen LogP) is -0.0371. The van der Waals surface area contributed by atoms with Gasteiger partial charge in [-0.05, 0) is 0 Å². The lowest BCUT2D eigenvalue weighted by Crippen LogP contribution is -2.19. The molecule has 2 atom stereocenters. The maximum atomic E-state index is 9.46. The van der Waals surface area contributed by atoms with Crippen molar-refractivity contribution in [1.82, 2.24) is 15.5 Å². The van der Waals surface area contributed by atoms with Crippen molar-refractivity contribution in [3.63, 3.8) is 0 Å². The highest BCUT2D eigenvalue weighted by Crippen LogP contribution is 2.27. The third-order valence-electron chi connectivity index (χ3n) is 1.72. The van der Waals surface area contributed by atoms with Crippen LogP contribution in [0.5, 0.6) is 0 Å². The zero-order chi connectivity index (χ0) is 8.39. The maximum absolute atomic E-state index is 9.46. The standard InChI is InChI=1S/C6H9N3OS2/c10-4-1-7-2-5(4)12-6-9-8-3-11-6/h3-5,7,10H,1-2H2. The fourth-order valence-electron chi connectivity index (χ4n) is 1.10. The van der Waals surface area contributed by atoms with Gasteiger partial charge in [0.25, 0.3) is 0 Å². The van der Waals surface area contributed by atoms with Crippen LogP contribution in [0.4, 0.5) is 0 Å². The number of β-amino-alcohol motifs (C(OH)–C–C–N with tert-alkyl or cyclic N) is 1. The van der Waals surface area contributed by atoms with Crippen LogP contribution in [0.2, 0.25) is 0 Å². The average Bonchev–Trinajstić information content (AvgIpc) is 2.65. The highest BCUT2D eigenvalue weighted by atomic mass is 32.2. The molecule has 0 saturated carbocycles. The van der Waals surface area contributed by atoms with Gasteiger partial charge in [-0.1, -0.05) is 23.1 Å². The van der Waals surface area contributed by atoms with Gasteiger partial charge in [0.05, 0.1) is 11.4 Å². The van der Waals surface area contributed by atoms with Crippen molar-refractivity contribution in [1.29, 1.82) is 0 Å². The Morgan fingerprint density at radius 2 is 2.58 bits per heavy atom. The van der Waals surface area contributed by atoms with Crippen molar-refractivity contribution in [2.24, 2.45) is 0 Å². The van der Waals surface area contributed by atoms with Crippen LogP contribution in [-0.2, 0) is 0 Å². The summed E-state index contributed by atoms with van der Waals surface area (Å²) in [7, 11) is 0. The number of hydrogen-bond acceptors (Lipinski definition) is 6. The van der Waals surface area contributed by atoms with E-state index in [2.05, 4.69) is 15.5 Å². The zero-order valence-electron chi connectivity index (χ0n) is 6.30. The average molecular weight is 203 g/mol. The molecule has 0 spiro atoms. The molecule has 2 unspecified atom stereocenters. The van der Waals surface area contributed by atoms with E-state index in [1.165, 1.54) is 11.3 Å². The SMILES string of the molecule is OC1CNCC1Sc1nncs1. The molecule has 0 bridgehead atoms. The number of nitrogens with zero attached hydrogens (tertiary/aromatic N) is 2. The molecule has 1 aliphatic heterocycles. The van der Waals surface area contributed by atoms with Gasteiger partial charge < -0.3 is 10.4 Å². The number of aliphatic hydroxyl groups is 1. The Morgan fingerprint density at radius 3 is 3.17 bits per heavy atom. The van der Waals surface area contributed by atoms with Crippen LogP contribution in [0.3, 0.4) is 0 Å². The molecule has 12 heavy (non-hydrogen) atoms. The Hall–Kier alpha value is -0.170. The Balaban J connectivity index is 1.95. The van der Waals surface area contributed by atoms with Crippen molar-refractivity contribution in [2.75, 3.05) is 13.1 Å². The summed E-state index contributed by atoms with van der Waals surface area (Å²) < 4.78 is 0.933. The maximum Gasteiger partial charge on any atom is 0.174 e. The van der Waals surface area contributed by atoms with E-state index in [4.69, 9.17) is 0 Å². The van der Waals surface area contributed by atoms with Crippen LogP contribution in [-0.4, -0.2) is 39.7 Å². The first kappa shape index (κ1) is 8.43.